The number of hydrogen-bond acceptors (Lipinski definition) is 4. The van der Waals surface area contributed by atoms with Crippen LogP contribution in [-0.4, -0.2) is 53.0 Å². The van der Waals surface area contributed by atoms with Crippen LogP contribution >= 0.6 is 11.6 Å². The van der Waals surface area contributed by atoms with E-state index in [0.29, 0.717) is 18.5 Å². The molecule has 2 N–H and O–H groups in total. The number of nitrogens with two attached hydrogens (primary N) is 1. The molecule has 3 aromatic carbocycles. The normalized spacial score (nSPS) is 19.7. The third kappa shape index (κ3) is 6.41. The van der Waals surface area contributed by atoms with Gasteiger partial charge in [0, 0.05) is 73.0 Å². The molecule has 2 fully saturated rings. The zero-order valence-corrected chi connectivity index (χ0v) is 23.5. The summed E-state index contributed by atoms with van der Waals surface area (Å²) in [6.45, 7) is 6.28. The smallest absolute Gasteiger partial charge is 0.406 e. The first-order chi connectivity index (χ1) is 19.8. The highest BCUT2D eigenvalue weighted by Gasteiger charge is 2.38. The Hall–Kier alpha value is -3.04. The van der Waals surface area contributed by atoms with Gasteiger partial charge in [0.25, 0.3) is 0 Å². The monoisotopic (exact) mass is 582 g/mol. The van der Waals surface area contributed by atoms with Crippen LogP contribution in [0.15, 0.2) is 72.9 Å². The average Bonchev–Trinajstić information content (AvgIpc) is 3.43. The maximum Gasteiger partial charge on any atom is 0.573 e. The Balaban J connectivity index is 1.22. The number of likely N-dealkylation sites (tertiary alicyclic amines) is 2. The fourth-order valence-corrected chi connectivity index (χ4v) is 6.73. The Labute approximate surface area is 243 Å². The molecule has 5 nitrogen and oxygen atoms in total. The predicted molar refractivity (Wildman–Crippen MR) is 157 cm³/mol. The van der Waals surface area contributed by atoms with E-state index in [1.165, 1.54) is 29.7 Å². The number of alkyl halides is 3. The third-order valence-corrected chi connectivity index (χ3v) is 8.65. The molecular weight excluding hydrogens is 549 g/mol. The van der Waals surface area contributed by atoms with Gasteiger partial charge in [0.2, 0.25) is 0 Å². The van der Waals surface area contributed by atoms with E-state index in [-0.39, 0.29) is 5.75 Å². The van der Waals surface area contributed by atoms with Crippen LogP contribution in [-0.2, 0) is 19.6 Å². The van der Waals surface area contributed by atoms with Gasteiger partial charge in [0.05, 0.1) is 0 Å². The third-order valence-electron chi connectivity index (χ3n) is 8.28. The number of fused-ring (bicyclic) bond motifs is 3. The van der Waals surface area contributed by atoms with Crippen molar-refractivity contribution >= 4 is 22.5 Å². The van der Waals surface area contributed by atoms with Crippen molar-refractivity contribution in [2.45, 2.75) is 44.9 Å². The molecule has 6 rings (SSSR count). The van der Waals surface area contributed by atoms with E-state index in [4.69, 9.17) is 17.3 Å². The van der Waals surface area contributed by atoms with Crippen LogP contribution in [0.4, 0.5) is 13.2 Å². The lowest BCUT2D eigenvalue weighted by Crippen LogP contribution is -2.41. The standard InChI is InChI=1S/C32H34ClF3N4O/c33-30-5-2-1-4-25(30)19-40-18-23-14-26(40)20-38(17-23)16-22-6-11-31-28(15-22)29(21-39(31)13-3-12-37)24-7-9-27(10-8-24)41-32(34,35)36/h1-2,4-11,15,21,23,26H,3,12-14,16-20,37H2. The Morgan fingerprint density at radius 3 is 2.51 bits per heavy atom. The highest BCUT2D eigenvalue weighted by molar-refractivity contribution is 6.31. The minimum absolute atomic E-state index is 0.225. The summed E-state index contributed by atoms with van der Waals surface area (Å²) in [7, 11) is 0. The van der Waals surface area contributed by atoms with Gasteiger partial charge >= 0.3 is 6.36 Å². The SMILES string of the molecule is NCCCn1cc(-c2ccc(OC(F)(F)F)cc2)c2cc(CN3CC4CC(C3)N(Cc3ccccc3Cl)C4)ccc21. The van der Waals surface area contributed by atoms with Crippen molar-refractivity contribution in [2.75, 3.05) is 26.2 Å². The lowest BCUT2D eigenvalue weighted by atomic mass is 9.98. The fourth-order valence-electron chi connectivity index (χ4n) is 6.53. The maximum atomic E-state index is 12.7. The number of nitrogens with zero attached hydrogens (tertiary/aromatic N) is 3. The number of aromatic nitrogens is 1. The molecule has 0 saturated carbocycles. The fraction of sp³-hybridized carbons (Fsp3) is 0.375. The second-order valence-corrected chi connectivity index (χ2v) is 11.7. The minimum Gasteiger partial charge on any atom is -0.406 e. The second kappa shape index (κ2) is 11.7. The highest BCUT2D eigenvalue weighted by Crippen LogP contribution is 2.36. The van der Waals surface area contributed by atoms with Crippen molar-refractivity contribution in [1.29, 1.82) is 0 Å². The molecule has 0 radical (unpaired) electrons. The van der Waals surface area contributed by atoms with Gasteiger partial charge in [0.15, 0.2) is 0 Å². The molecule has 9 heteroatoms. The molecule has 216 valence electrons. The van der Waals surface area contributed by atoms with E-state index in [2.05, 4.69) is 49.6 Å². The summed E-state index contributed by atoms with van der Waals surface area (Å²) in [6.07, 6.45) is -0.571. The highest BCUT2D eigenvalue weighted by atomic mass is 35.5. The molecule has 1 aromatic heterocycles. The van der Waals surface area contributed by atoms with E-state index in [1.54, 1.807) is 12.1 Å². The van der Waals surface area contributed by atoms with Crippen LogP contribution in [0.1, 0.15) is 24.0 Å². The summed E-state index contributed by atoms with van der Waals surface area (Å²) < 4.78 is 44.3. The Kier molecular flexibility index (Phi) is 8.01. The Morgan fingerprint density at radius 1 is 0.951 bits per heavy atom. The summed E-state index contributed by atoms with van der Waals surface area (Å²) in [5.74, 6) is 0.419. The van der Waals surface area contributed by atoms with Gasteiger partial charge in [-0.1, -0.05) is 48.0 Å². The minimum atomic E-state index is -4.71. The lowest BCUT2D eigenvalue weighted by molar-refractivity contribution is -0.274. The van der Waals surface area contributed by atoms with Crippen LogP contribution in [0.3, 0.4) is 0 Å². The molecule has 3 heterocycles. The second-order valence-electron chi connectivity index (χ2n) is 11.3. The maximum absolute atomic E-state index is 12.7. The van der Waals surface area contributed by atoms with Crippen LogP contribution in [0.25, 0.3) is 22.0 Å². The first-order valence-corrected chi connectivity index (χ1v) is 14.5. The zero-order chi connectivity index (χ0) is 28.6. The summed E-state index contributed by atoms with van der Waals surface area (Å²) in [6, 6.07) is 21.3. The molecule has 2 aliphatic rings. The van der Waals surface area contributed by atoms with Crippen molar-refractivity contribution in [3.8, 4) is 16.9 Å². The van der Waals surface area contributed by atoms with Gasteiger partial charge in [-0.3, -0.25) is 9.80 Å². The molecule has 0 amide bonds. The van der Waals surface area contributed by atoms with E-state index in [0.717, 1.165) is 72.7 Å². The molecule has 41 heavy (non-hydrogen) atoms. The molecule has 2 bridgehead atoms. The first kappa shape index (κ1) is 28.1. The van der Waals surface area contributed by atoms with Crippen molar-refractivity contribution in [1.82, 2.24) is 14.4 Å². The molecule has 0 aliphatic carbocycles. The summed E-state index contributed by atoms with van der Waals surface area (Å²) >= 11 is 6.45. The number of aryl methyl sites for hydroxylation is 1. The van der Waals surface area contributed by atoms with Crippen LogP contribution < -0.4 is 10.5 Å². The van der Waals surface area contributed by atoms with Crippen molar-refractivity contribution in [3.63, 3.8) is 0 Å². The molecule has 2 saturated heterocycles. The average molecular weight is 583 g/mol. The number of halogens is 4. The first-order valence-electron chi connectivity index (χ1n) is 14.1. The zero-order valence-electron chi connectivity index (χ0n) is 22.8. The Bertz CT molecular complexity index is 1500. The van der Waals surface area contributed by atoms with E-state index in [1.807, 2.05) is 18.2 Å². The van der Waals surface area contributed by atoms with E-state index in [9.17, 15) is 13.2 Å². The topological polar surface area (TPSA) is 46.7 Å². The summed E-state index contributed by atoms with van der Waals surface area (Å²) in [5.41, 5.74) is 11.1. The number of hydrogen-bond donors (Lipinski definition) is 1. The van der Waals surface area contributed by atoms with Gasteiger partial charge in [-0.15, -0.1) is 13.2 Å². The molecule has 2 aliphatic heterocycles. The Morgan fingerprint density at radius 2 is 1.76 bits per heavy atom. The number of rotatable bonds is 9. The number of piperidine rings is 1. The van der Waals surface area contributed by atoms with E-state index < -0.39 is 6.36 Å². The van der Waals surface area contributed by atoms with Gasteiger partial charge < -0.3 is 15.0 Å². The van der Waals surface area contributed by atoms with Gasteiger partial charge in [0.1, 0.15) is 5.75 Å². The molecule has 2 unspecified atom stereocenters. The van der Waals surface area contributed by atoms with Gasteiger partial charge in [-0.2, -0.15) is 0 Å². The van der Waals surface area contributed by atoms with Crippen LogP contribution in [0.5, 0.6) is 5.75 Å². The predicted octanol–water partition coefficient (Wildman–Crippen LogP) is 6.92. The molecular formula is C32H34ClF3N4O. The summed E-state index contributed by atoms with van der Waals surface area (Å²) in [4.78, 5) is 5.14. The molecule has 2 atom stereocenters. The number of ether oxygens (including phenoxy) is 1. The molecule has 0 spiro atoms. The van der Waals surface area contributed by atoms with Crippen LogP contribution in [0.2, 0.25) is 5.02 Å². The van der Waals surface area contributed by atoms with E-state index >= 15 is 0 Å². The lowest BCUT2D eigenvalue weighted by Gasteiger charge is -2.33. The summed E-state index contributed by atoms with van der Waals surface area (Å²) in [5, 5.41) is 1.92. The van der Waals surface area contributed by atoms with Gasteiger partial charge in [-0.05, 0) is 72.3 Å². The quantitative estimate of drug-likeness (QED) is 0.233. The van der Waals surface area contributed by atoms with Crippen molar-refractivity contribution in [3.05, 3.63) is 89.1 Å². The van der Waals surface area contributed by atoms with Gasteiger partial charge in [-0.25, -0.2) is 0 Å². The van der Waals surface area contributed by atoms with Crippen molar-refractivity contribution in [2.24, 2.45) is 11.7 Å². The molecule has 4 aromatic rings. The van der Waals surface area contributed by atoms with Crippen LogP contribution in [0, 0.1) is 5.92 Å². The largest absolute Gasteiger partial charge is 0.573 e. The number of benzene rings is 3. The van der Waals surface area contributed by atoms with Crippen molar-refractivity contribution < 1.29 is 17.9 Å².